The molecule has 1 aliphatic carbocycles. The maximum absolute atomic E-state index is 10.4. The Morgan fingerprint density at radius 1 is 1.80 bits per heavy atom. The van der Waals surface area contributed by atoms with E-state index in [2.05, 4.69) is 0 Å². The van der Waals surface area contributed by atoms with Gasteiger partial charge >= 0.3 is 0 Å². The Kier molecular flexibility index (Phi) is 1.05. The van der Waals surface area contributed by atoms with Crippen LogP contribution in [-0.4, -0.2) is 18.0 Å². The zero-order valence-electron chi connectivity index (χ0n) is 5.08. The third kappa shape index (κ3) is 0.662. The third-order valence-electron chi connectivity index (χ3n) is 1.72. The van der Waals surface area contributed by atoms with Gasteiger partial charge in [0, 0.05) is 5.03 Å². The quantitative estimate of drug-likeness (QED) is 0.419. The second kappa shape index (κ2) is 1.71. The van der Waals surface area contributed by atoms with Gasteiger partial charge in [-0.15, -0.1) is 0 Å². The average molecular weight is 157 g/mol. The Morgan fingerprint density at radius 2 is 2.60 bits per heavy atom. The molecule has 0 N–H and O–H groups in total. The summed E-state index contributed by atoms with van der Waals surface area (Å²) in [5.74, 6) is 0. The summed E-state index contributed by atoms with van der Waals surface area (Å²) in [4.78, 5) is 10.4. The molecular formula is C7H5ClO2. The molecule has 2 unspecified atom stereocenters. The Balaban J connectivity index is 2.30. The molecule has 0 aromatic heterocycles. The molecule has 0 saturated carbocycles. The number of epoxide rings is 1. The normalized spacial score (nSPS) is 42.1. The van der Waals surface area contributed by atoms with E-state index in [9.17, 15) is 4.79 Å². The molecule has 52 valence electrons. The number of allylic oxidation sites excluding steroid dienone is 2. The van der Waals surface area contributed by atoms with Gasteiger partial charge in [-0.25, -0.2) is 0 Å². The molecule has 2 rings (SSSR count). The number of ether oxygens (including phenoxy) is 1. The van der Waals surface area contributed by atoms with Crippen molar-refractivity contribution in [2.24, 2.45) is 0 Å². The van der Waals surface area contributed by atoms with Crippen LogP contribution in [0.25, 0.3) is 0 Å². The Morgan fingerprint density at radius 3 is 3.20 bits per heavy atom. The molecule has 3 heteroatoms. The number of hydrogen-bond acceptors (Lipinski definition) is 2. The van der Waals surface area contributed by atoms with Crippen LogP contribution in [0.2, 0.25) is 0 Å². The van der Waals surface area contributed by atoms with Crippen molar-refractivity contribution in [2.75, 3.05) is 0 Å². The molecule has 2 nitrogen and oxygen atoms in total. The van der Waals surface area contributed by atoms with E-state index >= 15 is 0 Å². The lowest BCUT2D eigenvalue weighted by molar-refractivity contribution is -0.110. The highest BCUT2D eigenvalue weighted by atomic mass is 35.5. The van der Waals surface area contributed by atoms with Crippen molar-refractivity contribution in [3.8, 4) is 0 Å². The van der Waals surface area contributed by atoms with E-state index < -0.39 is 5.60 Å². The molecule has 2 atom stereocenters. The number of aldehydes is 1. The van der Waals surface area contributed by atoms with Gasteiger partial charge in [0.2, 0.25) is 0 Å². The minimum Gasteiger partial charge on any atom is -0.349 e. The molecule has 2 aliphatic rings. The topological polar surface area (TPSA) is 29.6 Å². The van der Waals surface area contributed by atoms with Crippen molar-refractivity contribution < 1.29 is 9.53 Å². The number of carbonyl (C=O) groups is 1. The van der Waals surface area contributed by atoms with Crippen LogP contribution < -0.4 is 0 Å². The minimum atomic E-state index is -0.654. The first kappa shape index (κ1) is 6.13. The fourth-order valence-corrected chi connectivity index (χ4v) is 1.21. The van der Waals surface area contributed by atoms with Gasteiger partial charge in [0.1, 0.15) is 6.10 Å². The SMILES string of the molecule is O=CC12C=CC(Cl)=CC1O2. The monoisotopic (exact) mass is 156 g/mol. The molecule has 1 aliphatic heterocycles. The van der Waals surface area contributed by atoms with Gasteiger partial charge in [-0.2, -0.15) is 0 Å². The molecule has 1 heterocycles. The zero-order chi connectivity index (χ0) is 7.19. The molecule has 0 amide bonds. The Labute approximate surface area is 63.1 Å². The second-order valence-electron chi connectivity index (χ2n) is 2.39. The summed E-state index contributed by atoms with van der Waals surface area (Å²) >= 11 is 5.64. The number of fused-ring (bicyclic) bond motifs is 1. The summed E-state index contributed by atoms with van der Waals surface area (Å²) in [6, 6.07) is 0. The van der Waals surface area contributed by atoms with Crippen LogP contribution in [0.3, 0.4) is 0 Å². The summed E-state index contributed by atoms with van der Waals surface area (Å²) in [6.45, 7) is 0. The number of carbonyl (C=O) groups excluding carboxylic acids is 1. The molecule has 0 spiro atoms. The van der Waals surface area contributed by atoms with Crippen molar-refractivity contribution in [3.63, 3.8) is 0 Å². The highest BCUT2D eigenvalue weighted by Gasteiger charge is 2.54. The summed E-state index contributed by atoms with van der Waals surface area (Å²) in [6.07, 6.45) is 5.79. The van der Waals surface area contributed by atoms with Gasteiger partial charge in [0.25, 0.3) is 0 Å². The van der Waals surface area contributed by atoms with E-state index in [1.807, 2.05) is 0 Å². The average Bonchev–Trinajstić information content (AvgIpc) is 2.62. The molecular weight excluding hydrogens is 152 g/mol. The molecule has 0 aromatic carbocycles. The summed E-state index contributed by atoms with van der Waals surface area (Å²) < 4.78 is 5.07. The molecule has 1 fully saturated rings. The van der Waals surface area contributed by atoms with Crippen molar-refractivity contribution in [3.05, 3.63) is 23.3 Å². The van der Waals surface area contributed by atoms with Gasteiger partial charge in [0.05, 0.1) is 0 Å². The maximum Gasteiger partial charge on any atom is 0.172 e. The molecule has 10 heavy (non-hydrogen) atoms. The van der Waals surface area contributed by atoms with Gasteiger partial charge in [-0.05, 0) is 18.2 Å². The third-order valence-corrected chi connectivity index (χ3v) is 1.97. The van der Waals surface area contributed by atoms with E-state index in [1.54, 1.807) is 18.2 Å². The van der Waals surface area contributed by atoms with E-state index in [-0.39, 0.29) is 6.10 Å². The van der Waals surface area contributed by atoms with E-state index in [4.69, 9.17) is 16.3 Å². The molecule has 0 radical (unpaired) electrons. The Hall–Kier alpha value is -0.600. The highest BCUT2D eigenvalue weighted by Crippen LogP contribution is 2.41. The fraction of sp³-hybridized carbons (Fsp3) is 0.286. The van der Waals surface area contributed by atoms with Gasteiger partial charge in [0.15, 0.2) is 11.9 Å². The lowest BCUT2D eigenvalue weighted by atomic mass is 10.0. The van der Waals surface area contributed by atoms with Crippen LogP contribution in [0.4, 0.5) is 0 Å². The van der Waals surface area contributed by atoms with Crippen molar-refractivity contribution in [2.45, 2.75) is 11.7 Å². The lowest BCUT2D eigenvalue weighted by Crippen LogP contribution is -2.14. The predicted octanol–water partition coefficient (Wildman–Crippen LogP) is 1.02. The van der Waals surface area contributed by atoms with Crippen LogP contribution in [0.15, 0.2) is 23.3 Å². The van der Waals surface area contributed by atoms with Crippen LogP contribution in [0.1, 0.15) is 0 Å². The molecule has 0 bridgehead atoms. The van der Waals surface area contributed by atoms with Crippen LogP contribution in [0, 0.1) is 0 Å². The fourth-order valence-electron chi connectivity index (χ4n) is 1.03. The first-order valence-corrected chi connectivity index (χ1v) is 3.35. The highest BCUT2D eigenvalue weighted by molar-refractivity contribution is 6.31. The van der Waals surface area contributed by atoms with Gasteiger partial charge in [-0.3, -0.25) is 4.79 Å². The van der Waals surface area contributed by atoms with E-state index in [0.717, 1.165) is 6.29 Å². The van der Waals surface area contributed by atoms with Crippen molar-refractivity contribution >= 4 is 17.9 Å². The predicted molar refractivity (Wildman–Crippen MR) is 36.7 cm³/mol. The van der Waals surface area contributed by atoms with Crippen molar-refractivity contribution in [1.82, 2.24) is 0 Å². The van der Waals surface area contributed by atoms with E-state index in [0.29, 0.717) is 5.03 Å². The summed E-state index contributed by atoms with van der Waals surface area (Å²) in [7, 11) is 0. The molecule has 0 aromatic rings. The first-order chi connectivity index (χ1) is 4.77. The number of rotatable bonds is 1. The largest absolute Gasteiger partial charge is 0.349 e. The maximum atomic E-state index is 10.4. The van der Waals surface area contributed by atoms with E-state index in [1.165, 1.54) is 0 Å². The Bertz CT molecular complexity index is 244. The van der Waals surface area contributed by atoms with Crippen molar-refractivity contribution in [1.29, 1.82) is 0 Å². The summed E-state index contributed by atoms with van der Waals surface area (Å²) in [5, 5.41) is 0.639. The molecule has 1 saturated heterocycles. The number of hydrogen-bond donors (Lipinski definition) is 0. The first-order valence-electron chi connectivity index (χ1n) is 2.97. The minimum absolute atomic E-state index is 0.109. The zero-order valence-corrected chi connectivity index (χ0v) is 5.84. The number of halogens is 1. The van der Waals surface area contributed by atoms with Gasteiger partial charge < -0.3 is 4.74 Å². The van der Waals surface area contributed by atoms with Gasteiger partial charge in [-0.1, -0.05) is 11.6 Å². The standard InChI is InChI=1S/C7H5ClO2/c8-5-1-2-7(4-9)6(3-5)10-7/h1-4,6H. The van der Waals surface area contributed by atoms with Crippen LogP contribution in [-0.2, 0) is 9.53 Å². The second-order valence-corrected chi connectivity index (χ2v) is 2.83. The van der Waals surface area contributed by atoms with Crippen LogP contribution >= 0.6 is 11.6 Å². The lowest BCUT2D eigenvalue weighted by Gasteiger charge is -1.98. The smallest absolute Gasteiger partial charge is 0.172 e. The van der Waals surface area contributed by atoms with Crippen LogP contribution in [0.5, 0.6) is 0 Å². The summed E-state index contributed by atoms with van der Waals surface area (Å²) in [5.41, 5.74) is -0.654.